The monoisotopic (exact) mass is 1060 g/mol. The van der Waals surface area contributed by atoms with Gasteiger partial charge in [0.25, 0.3) is 0 Å². The van der Waals surface area contributed by atoms with Crippen LogP contribution in [-0.2, 0) is 32.0 Å². The molecule has 0 aliphatic carbocycles. The highest BCUT2D eigenvalue weighted by Crippen LogP contribution is 2.34. The van der Waals surface area contributed by atoms with Crippen molar-refractivity contribution in [1.82, 2.24) is 0 Å². The molecular weight excluding hydrogens is 1000 g/mol. The fraction of sp³-hybridized carbons (Fsp3) is 0.250. The molecule has 0 radical (unpaired) electrons. The standard InChI is InChI=1S/C32H36O8.C24H22N2.2BF4/c1-2-6-26-22-30-29(21-25(26)5-1)37-17-13-33-9-10-35-15-19-39-31-23-27-7-3-4-8-28(27)24-32(31)40-20-16-36-12-11-34-14-18-38-30;1-3-7-21(8-4-1)23-11-15-25(16-12-23)19-20-26-17-13-24(14-18-26)22-9-5-2-6-10-22;2*2-1(3,4)5/h1-8,21-24H,9-20H2;1-18H,19-20H2;;/q;+2;2*-1. The second kappa shape index (κ2) is 31.0. The molecule has 20 heteroatoms. The molecule has 8 aromatic rings. The maximum absolute atomic E-state index is 9.75. The van der Waals surface area contributed by atoms with Crippen LogP contribution in [0.5, 0.6) is 23.0 Å². The number of pyridine rings is 2. The van der Waals surface area contributed by atoms with Gasteiger partial charge in [-0.25, -0.2) is 0 Å². The third kappa shape index (κ3) is 22.3. The summed E-state index contributed by atoms with van der Waals surface area (Å²) in [5, 5.41) is 4.34. The van der Waals surface area contributed by atoms with Crippen LogP contribution in [0, 0.1) is 0 Å². The molecule has 0 amide bonds. The number of benzene rings is 6. The Labute approximate surface area is 436 Å². The maximum Gasteiger partial charge on any atom is 0.673 e. The lowest BCUT2D eigenvalue weighted by Crippen LogP contribution is -2.43. The molecule has 9 rings (SSSR count). The van der Waals surface area contributed by atoms with Crippen LogP contribution >= 0.6 is 0 Å². The minimum absolute atomic E-state index is 0.399. The Morgan fingerprint density at radius 3 is 0.750 bits per heavy atom. The highest BCUT2D eigenvalue weighted by atomic mass is 19.5. The summed E-state index contributed by atoms with van der Waals surface area (Å²) in [5.41, 5.74) is 5.01. The number of ether oxygens (including phenoxy) is 8. The summed E-state index contributed by atoms with van der Waals surface area (Å²) >= 11 is 0. The predicted octanol–water partition coefficient (Wildman–Crippen LogP) is 12.2. The van der Waals surface area contributed by atoms with E-state index in [0.717, 1.165) is 34.6 Å². The molecule has 402 valence electrons. The number of aryl methyl sites for hydroxylation is 2. The van der Waals surface area contributed by atoms with Crippen LogP contribution in [-0.4, -0.2) is 93.8 Å². The first-order valence-electron chi connectivity index (χ1n) is 24.5. The van der Waals surface area contributed by atoms with Crippen molar-refractivity contribution < 1.29 is 81.6 Å². The molecule has 10 nitrogen and oxygen atoms in total. The van der Waals surface area contributed by atoms with Crippen molar-refractivity contribution in [2.45, 2.75) is 13.1 Å². The lowest BCUT2D eigenvalue weighted by atomic mass is 10.1. The zero-order valence-electron chi connectivity index (χ0n) is 41.6. The van der Waals surface area contributed by atoms with E-state index in [-0.39, 0.29) is 0 Å². The highest BCUT2D eigenvalue weighted by molar-refractivity contribution is 6.50. The molecule has 0 saturated heterocycles. The average Bonchev–Trinajstić information content (AvgIpc) is 3.41. The van der Waals surface area contributed by atoms with Crippen molar-refractivity contribution in [2.75, 3.05) is 79.3 Å². The average molecular weight is 1060 g/mol. The highest BCUT2D eigenvalue weighted by Gasteiger charge is 2.21. The van der Waals surface area contributed by atoms with Gasteiger partial charge in [-0.15, -0.1) is 0 Å². The molecule has 0 saturated carbocycles. The minimum Gasteiger partial charge on any atom is -0.487 e. The molecule has 6 aromatic carbocycles. The zero-order valence-corrected chi connectivity index (χ0v) is 41.6. The maximum atomic E-state index is 9.75. The third-order valence-electron chi connectivity index (χ3n) is 10.9. The zero-order chi connectivity index (χ0) is 53.9. The number of aromatic nitrogens is 2. The Morgan fingerprint density at radius 1 is 0.289 bits per heavy atom. The first-order valence-corrected chi connectivity index (χ1v) is 24.5. The summed E-state index contributed by atoms with van der Waals surface area (Å²) in [6, 6.07) is 53.9. The predicted molar refractivity (Wildman–Crippen MR) is 278 cm³/mol. The van der Waals surface area contributed by atoms with Gasteiger partial charge in [-0.2, -0.15) is 9.13 Å². The summed E-state index contributed by atoms with van der Waals surface area (Å²) in [6.07, 6.45) is 8.62. The first kappa shape index (κ1) is 58.0. The summed E-state index contributed by atoms with van der Waals surface area (Å²) in [7, 11) is -12.0. The first-order chi connectivity index (χ1) is 36.7. The number of halogens is 8. The number of hydrogen-bond donors (Lipinski definition) is 0. The number of hydrogen-bond acceptors (Lipinski definition) is 8. The van der Waals surface area contributed by atoms with E-state index >= 15 is 0 Å². The van der Waals surface area contributed by atoms with Crippen molar-refractivity contribution in [3.63, 3.8) is 0 Å². The van der Waals surface area contributed by atoms with Gasteiger partial charge >= 0.3 is 14.5 Å². The normalized spacial score (nSPS) is 14.3. The Morgan fingerprint density at radius 2 is 0.500 bits per heavy atom. The van der Waals surface area contributed by atoms with Crippen LogP contribution in [0.4, 0.5) is 34.5 Å². The molecule has 0 spiro atoms. The van der Waals surface area contributed by atoms with E-state index in [4.69, 9.17) is 37.9 Å². The van der Waals surface area contributed by atoms with Gasteiger partial charge in [-0.05, 0) is 68.1 Å². The second-order valence-corrected chi connectivity index (χ2v) is 16.5. The number of rotatable bonds is 5. The molecule has 0 atom stereocenters. The largest absolute Gasteiger partial charge is 0.673 e. The third-order valence-corrected chi connectivity index (χ3v) is 10.9. The second-order valence-electron chi connectivity index (χ2n) is 16.5. The van der Waals surface area contributed by atoms with Crippen LogP contribution < -0.4 is 28.1 Å². The van der Waals surface area contributed by atoms with Crippen LogP contribution in [0.2, 0.25) is 0 Å². The molecule has 0 N–H and O–H groups in total. The topological polar surface area (TPSA) is 81.6 Å². The molecule has 0 bridgehead atoms. The molecule has 0 unspecified atom stereocenters. The van der Waals surface area contributed by atoms with E-state index in [1.807, 2.05) is 60.7 Å². The number of nitrogens with zero attached hydrogens (tertiary/aromatic N) is 2. The van der Waals surface area contributed by atoms with Gasteiger partial charge in [-0.1, -0.05) is 109 Å². The molecule has 0 fully saturated rings. The van der Waals surface area contributed by atoms with Crippen molar-refractivity contribution in [3.8, 4) is 45.3 Å². The molecule has 1 aliphatic rings. The van der Waals surface area contributed by atoms with E-state index < -0.39 is 14.5 Å². The molecule has 76 heavy (non-hydrogen) atoms. The summed E-state index contributed by atoms with van der Waals surface area (Å²) in [6.45, 7) is 7.10. The quantitative estimate of drug-likeness (QED) is 0.0958. The SMILES string of the molecule is F[B-](F)(F)F.F[B-](F)(F)F.c1ccc(-c2cc[n+](CC[n+]3ccc(-c4ccccc4)cc3)cc2)cc1.c1ccc2cc3c(cc2c1)OCCOCCOCCOc1cc2ccccc2cc1OCCOCCOCCO3. The fourth-order valence-electron chi connectivity index (χ4n) is 7.42. The van der Waals surface area contributed by atoms with Crippen molar-refractivity contribution in [2.24, 2.45) is 0 Å². The van der Waals surface area contributed by atoms with E-state index in [2.05, 4.69) is 131 Å². The lowest BCUT2D eigenvalue weighted by molar-refractivity contribution is -0.778. The summed E-state index contributed by atoms with van der Waals surface area (Å²) in [5.74, 6) is 2.73. The Bertz CT molecular complexity index is 2600. The molecule has 2 aromatic heterocycles. The van der Waals surface area contributed by atoms with Crippen molar-refractivity contribution in [3.05, 3.63) is 183 Å². The van der Waals surface area contributed by atoms with E-state index in [1.165, 1.54) is 22.3 Å². The summed E-state index contributed by atoms with van der Waals surface area (Å²) < 4.78 is 129. The summed E-state index contributed by atoms with van der Waals surface area (Å²) in [4.78, 5) is 0. The van der Waals surface area contributed by atoms with Crippen LogP contribution in [0.3, 0.4) is 0 Å². The van der Waals surface area contributed by atoms with Gasteiger partial charge in [0.15, 0.2) is 47.8 Å². The molecule has 1 aliphatic heterocycles. The smallest absolute Gasteiger partial charge is 0.487 e. The number of fused-ring (bicyclic) bond motifs is 4. The van der Waals surface area contributed by atoms with Gasteiger partial charge in [0.05, 0.1) is 52.9 Å². The van der Waals surface area contributed by atoms with E-state index in [9.17, 15) is 34.5 Å². The minimum atomic E-state index is -6.00. The van der Waals surface area contributed by atoms with Crippen LogP contribution in [0.25, 0.3) is 43.8 Å². The van der Waals surface area contributed by atoms with Crippen LogP contribution in [0.15, 0.2) is 183 Å². The van der Waals surface area contributed by atoms with Gasteiger partial charge in [-0.3, -0.25) is 0 Å². The van der Waals surface area contributed by atoms with Gasteiger partial charge in [0, 0.05) is 24.3 Å². The van der Waals surface area contributed by atoms with Crippen molar-refractivity contribution in [1.29, 1.82) is 0 Å². The molecular formula is C56H58B2F8N2O8. The Hall–Kier alpha value is -7.25. The van der Waals surface area contributed by atoms with Gasteiger partial charge < -0.3 is 72.4 Å². The Kier molecular flexibility index (Phi) is 23.6. The van der Waals surface area contributed by atoms with Crippen LogP contribution in [0.1, 0.15) is 0 Å². The van der Waals surface area contributed by atoms with E-state index in [0.29, 0.717) is 102 Å². The molecule has 3 heterocycles. The van der Waals surface area contributed by atoms with Crippen molar-refractivity contribution >= 4 is 36.1 Å². The lowest BCUT2D eigenvalue weighted by Gasteiger charge is -2.16. The Balaban J connectivity index is 0.000000222. The van der Waals surface area contributed by atoms with Gasteiger partial charge in [0.1, 0.15) is 26.4 Å². The fourth-order valence-corrected chi connectivity index (χ4v) is 7.42. The van der Waals surface area contributed by atoms with Gasteiger partial charge in [0.2, 0.25) is 13.1 Å². The van der Waals surface area contributed by atoms with E-state index in [1.54, 1.807) is 0 Å².